The van der Waals surface area contributed by atoms with Crippen LogP contribution < -0.4 is 0 Å². The molecule has 1 aliphatic rings. The van der Waals surface area contributed by atoms with Crippen molar-refractivity contribution in [1.82, 2.24) is 0 Å². The molecule has 0 aliphatic heterocycles. The average Bonchev–Trinajstić information content (AvgIpc) is 2.03. The van der Waals surface area contributed by atoms with Crippen molar-refractivity contribution in [3.05, 3.63) is 0 Å². The molecule has 1 saturated carbocycles. The van der Waals surface area contributed by atoms with E-state index in [0.717, 1.165) is 0 Å². The Labute approximate surface area is 70.8 Å². The maximum Gasteiger partial charge on any atom is 0.248 e. The van der Waals surface area contributed by atoms with Crippen molar-refractivity contribution in [3.63, 3.8) is 0 Å². The molecule has 0 amide bonds. The standard InChI is InChI=1S/C9H12F2O/c1-2-8(12)7-3-5-9(10,11)6-4-7/h1,7-8,12H,3-6H2. The van der Waals surface area contributed by atoms with Gasteiger partial charge in [-0.2, -0.15) is 0 Å². The van der Waals surface area contributed by atoms with Gasteiger partial charge in [-0.3, -0.25) is 0 Å². The molecule has 1 aliphatic carbocycles. The van der Waals surface area contributed by atoms with Gasteiger partial charge in [-0.05, 0) is 18.8 Å². The highest BCUT2D eigenvalue weighted by molar-refractivity contribution is 4.98. The second-order valence-electron chi connectivity index (χ2n) is 3.30. The van der Waals surface area contributed by atoms with Crippen molar-refractivity contribution in [2.24, 2.45) is 5.92 Å². The fourth-order valence-corrected chi connectivity index (χ4v) is 1.51. The lowest BCUT2D eigenvalue weighted by Crippen LogP contribution is -2.30. The van der Waals surface area contributed by atoms with Crippen LogP contribution in [0, 0.1) is 18.3 Å². The highest BCUT2D eigenvalue weighted by Gasteiger charge is 2.36. The Morgan fingerprint density at radius 2 is 1.92 bits per heavy atom. The molecule has 1 atom stereocenters. The van der Waals surface area contributed by atoms with E-state index in [4.69, 9.17) is 6.42 Å². The average molecular weight is 174 g/mol. The molecular weight excluding hydrogens is 162 g/mol. The summed E-state index contributed by atoms with van der Waals surface area (Å²) in [6, 6.07) is 0. The van der Waals surface area contributed by atoms with Crippen molar-refractivity contribution in [1.29, 1.82) is 0 Å². The van der Waals surface area contributed by atoms with Crippen LogP contribution in [-0.2, 0) is 0 Å². The Bertz CT molecular complexity index is 185. The zero-order chi connectivity index (χ0) is 9.19. The van der Waals surface area contributed by atoms with E-state index in [1.807, 2.05) is 0 Å². The summed E-state index contributed by atoms with van der Waals surface area (Å²) in [6.45, 7) is 0. The van der Waals surface area contributed by atoms with Crippen molar-refractivity contribution in [2.75, 3.05) is 0 Å². The molecule has 1 nitrogen and oxygen atoms in total. The van der Waals surface area contributed by atoms with E-state index in [-0.39, 0.29) is 18.8 Å². The highest BCUT2D eigenvalue weighted by atomic mass is 19.3. The summed E-state index contributed by atoms with van der Waals surface area (Å²) < 4.78 is 25.2. The number of aliphatic hydroxyl groups excluding tert-OH is 1. The van der Waals surface area contributed by atoms with E-state index in [9.17, 15) is 13.9 Å². The summed E-state index contributed by atoms with van der Waals surface area (Å²) in [6.07, 6.45) is 4.52. The number of terminal acetylenes is 1. The molecule has 0 spiro atoms. The van der Waals surface area contributed by atoms with E-state index in [2.05, 4.69) is 5.92 Å². The van der Waals surface area contributed by atoms with E-state index in [1.54, 1.807) is 0 Å². The highest BCUT2D eigenvalue weighted by Crippen LogP contribution is 2.37. The first-order chi connectivity index (χ1) is 5.55. The van der Waals surface area contributed by atoms with Crippen LogP contribution in [0.25, 0.3) is 0 Å². The van der Waals surface area contributed by atoms with Gasteiger partial charge in [0.2, 0.25) is 5.92 Å². The minimum Gasteiger partial charge on any atom is -0.380 e. The Morgan fingerprint density at radius 3 is 2.33 bits per heavy atom. The number of halogens is 2. The Morgan fingerprint density at radius 1 is 1.42 bits per heavy atom. The third-order valence-corrected chi connectivity index (χ3v) is 2.38. The van der Waals surface area contributed by atoms with Gasteiger partial charge in [0.05, 0.1) is 0 Å². The van der Waals surface area contributed by atoms with Gasteiger partial charge in [0.15, 0.2) is 0 Å². The van der Waals surface area contributed by atoms with Gasteiger partial charge < -0.3 is 5.11 Å². The summed E-state index contributed by atoms with van der Waals surface area (Å²) in [5.74, 6) is -0.494. The van der Waals surface area contributed by atoms with E-state index >= 15 is 0 Å². The lowest BCUT2D eigenvalue weighted by molar-refractivity contribution is -0.0562. The second kappa shape index (κ2) is 3.40. The predicted octanol–water partition coefficient (Wildman–Crippen LogP) is 1.81. The number of rotatable bonds is 1. The first-order valence-corrected chi connectivity index (χ1v) is 4.07. The Hall–Kier alpha value is -0.620. The van der Waals surface area contributed by atoms with Gasteiger partial charge in [0, 0.05) is 12.8 Å². The zero-order valence-electron chi connectivity index (χ0n) is 6.76. The molecule has 0 aromatic carbocycles. The maximum atomic E-state index is 12.6. The zero-order valence-corrected chi connectivity index (χ0v) is 6.76. The molecule has 68 valence electrons. The Balaban J connectivity index is 2.42. The van der Waals surface area contributed by atoms with Crippen LogP contribution in [-0.4, -0.2) is 17.1 Å². The van der Waals surface area contributed by atoms with Gasteiger partial charge in [0.1, 0.15) is 6.10 Å². The topological polar surface area (TPSA) is 20.2 Å². The SMILES string of the molecule is C#CC(O)C1CCC(F)(F)CC1. The molecule has 0 aromatic heterocycles. The summed E-state index contributed by atoms with van der Waals surface area (Å²) in [5, 5.41) is 9.17. The molecule has 0 aromatic rings. The first kappa shape index (κ1) is 9.47. The molecule has 1 unspecified atom stereocenters. The van der Waals surface area contributed by atoms with Crippen molar-refractivity contribution in [2.45, 2.75) is 37.7 Å². The minimum atomic E-state index is -2.54. The van der Waals surface area contributed by atoms with Crippen LogP contribution in [0.1, 0.15) is 25.7 Å². The van der Waals surface area contributed by atoms with Crippen LogP contribution in [0.4, 0.5) is 8.78 Å². The van der Waals surface area contributed by atoms with Crippen molar-refractivity contribution in [3.8, 4) is 12.3 Å². The summed E-state index contributed by atoms with van der Waals surface area (Å²) in [4.78, 5) is 0. The third-order valence-electron chi connectivity index (χ3n) is 2.38. The third kappa shape index (κ3) is 2.18. The molecule has 0 heterocycles. The molecule has 3 heteroatoms. The normalized spacial score (nSPS) is 26.2. The molecule has 0 bridgehead atoms. The lowest BCUT2D eigenvalue weighted by atomic mass is 9.83. The number of hydrogen-bond acceptors (Lipinski definition) is 1. The van der Waals surface area contributed by atoms with Gasteiger partial charge in [-0.25, -0.2) is 8.78 Å². The fraction of sp³-hybridized carbons (Fsp3) is 0.778. The molecule has 1 fully saturated rings. The van der Waals surface area contributed by atoms with Gasteiger partial charge in [-0.15, -0.1) is 6.42 Å². The van der Waals surface area contributed by atoms with E-state index < -0.39 is 12.0 Å². The van der Waals surface area contributed by atoms with Crippen LogP contribution >= 0.6 is 0 Å². The monoisotopic (exact) mass is 174 g/mol. The molecule has 0 radical (unpaired) electrons. The summed E-state index contributed by atoms with van der Waals surface area (Å²) in [5.41, 5.74) is 0. The summed E-state index contributed by atoms with van der Waals surface area (Å²) in [7, 11) is 0. The van der Waals surface area contributed by atoms with Crippen LogP contribution in [0.2, 0.25) is 0 Å². The van der Waals surface area contributed by atoms with Gasteiger partial charge in [0.25, 0.3) is 0 Å². The fourth-order valence-electron chi connectivity index (χ4n) is 1.51. The molecule has 1 N–H and O–H groups in total. The second-order valence-corrected chi connectivity index (χ2v) is 3.30. The van der Waals surface area contributed by atoms with Crippen molar-refractivity contribution < 1.29 is 13.9 Å². The van der Waals surface area contributed by atoms with Crippen LogP contribution in [0.15, 0.2) is 0 Å². The van der Waals surface area contributed by atoms with E-state index in [0.29, 0.717) is 12.8 Å². The van der Waals surface area contributed by atoms with Crippen LogP contribution in [0.3, 0.4) is 0 Å². The van der Waals surface area contributed by atoms with Crippen LogP contribution in [0.5, 0.6) is 0 Å². The first-order valence-electron chi connectivity index (χ1n) is 4.07. The predicted molar refractivity (Wildman–Crippen MR) is 41.7 cm³/mol. The summed E-state index contributed by atoms with van der Waals surface area (Å²) >= 11 is 0. The lowest BCUT2D eigenvalue weighted by Gasteiger charge is -2.29. The number of aliphatic hydroxyl groups is 1. The Kier molecular flexibility index (Phi) is 2.69. The van der Waals surface area contributed by atoms with Gasteiger partial charge in [-0.1, -0.05) is 5.92 Å². The molecule has 12 heavy (non-hydrogen) atoms. The quantitative estimate of drug-likeness (QED) is 0.601. The molecule has 0 saturated heterocycles. The smallest absolute Gasteiger partial charge is 0.248 e. The van der Waals surface area contributed by atoms with E-state index in [1.165, 1.54) is 0 Å². The number of alkyl halides is 2. The maximum absolute atomic E-state index is 12.6. The van der Waals surface area contributed by atoms with Gasteiger partial charge >= 0.3 is 0 Å². The van der Waals surface area contributed by atoms with Crippen molar-refractivity contribution >= 4 is 0 Å². The molecule has 1 rings (SSSR count). The molecular formula is C9H12F2O. The minimum absolute atomic E-state index is 0.130. The number of hydrogen-bond donors (Lipinski definition) is 1. The largest absolute Gasteiger partial charge is 0.380 e.